The summed E-state index contributed by atoms with van der Waals surface area (Å²) in [6.45, 7) is 7.49. The number of benzene rings is 1. The van der Waals surface area contributed by atoms with E-state index in [-0.39, 0.29) is 23.0 Å². The van der Waals surface area contributed by atoms with Crippen LogP contribution in [-0.4, -0.2) is 52.3 Å². The maximum absolute atomic E-state index is 11.7. The molecule has 10 heteroatoms. The highest BCUT2D eigenvalue weighted by Crippen LogP contribution is 2.32. The number of aromatic carboxylic acids is 1. The van der Waals surface area contributed by atoms with Gasteiger partial charge in [0.05, 0.1) is 28.9 Å². The summed E-state index contributed by atoms with van der Waals surface area (Å²) in [4.78, 5) is 27.4. The molecule has 0 aliphatic carbocycles. The molecule has 1 aliphatic heterocycles. The third-order valence-electron chi connectivity index (χ3n) is 6.81. The van der Waals surface area contributed by atoms with Gasteiger partial charge < -0.3 is 20.1 Å². The highest BCUT2D eigenvalue weighted by atomic mass is 35.5. The molecule has 9 nitrogen and oxygen atoms in total. The predicted octanol–water partition coefficient (Wildman–Crippen LogP) is 4.98. The maximum Gasteiger partial charge on any atom is 0.356 e. The average Bonchev–Trinajstić information content (AvgIpc) is 2.87. The van der Waals surface area contributed by atoms with Crippen molar-refractivity contribution in [2.24, 2.45) is 5.92 Å². The van der Waals surface area contributed by atoms with Crippen LogP contribution in [0.25, 0.3) is 11.0 Å². The van der Waals surface area contributed by atoms with Gasteiger partial charge in [-0.25, -0.2) is 19.7 Å². The number of methoxy groups -OCH3 is 1. The minimum Gasteiger partial charge on any atom is -0.476 e. The lowest BCUT2D eigenvalue weighted by molar-refractivity contribution is 0.0563. The van der Waals surface area contributed by atoms with Crippen molar-refractivity contribution in [3.63, 3.8) is 0 Å². The van der Waals surface area contributed by atoms with Crippen LogP contribution in [0, 0.1) is 24.2 Å². The number of fused-ring (bicyclic) bond motifs is 1. The van der Waals surface area contributed by atoms with Gasteiger partial charge in [-0.05, 0) is 63.3 Å². The summed E-state index contributed by atoms with van der Waals surface area (Å²) in [6.07, 6.45) is 2.07. The summed E-state index contributed by atoms with van der Waals surface area (Å²) in [7, 11) is 1.73. The molecule has 0 amide bonds. The van der Waals surface area contributed by atoms with Crippen LogP contribution >= 0.6 is 11.6 Å². The Balaban J connectivity index is 1.72. The van der Waals surface area contributed by atoms with E-state index in [0.717, 1.165) is 37.1 Å². The molecule has 4 rings (SSSR count). The van der Waals surface area contributed by atoms with Gasteiger partial charge in [0.2, 0.25) is 0 Å². The Morgan fingerprint density at radius 3 is 2.61 bits per heavy atom. The SMILES string of the molecule is CO[C@H](C)C1CCN(c2nc3c([C@@H](C)Nc4ccc(Cl)nc4C(=O)O)cc(C)cc3nc2C#N)CC1. The van der Waals surface area contributed by atoms with Gasteiger partial charge in [-0.3, -0.25) is 0 Å². The first-order valence-corrected chi connectivity index (χ1v) is 12.3. The smallest absolute Gasteiger partial charge is 0.356 e. The molecule has 2 aromatic heterocycles. The summed E-state index contributed by atoms with van der Waals surface area (Å²) >= 11 is 5.91. The Labute approximate surface area is 215 Å². The van der Waals surface area contributed by atoms with Gasteiger partial charge in [-0.15, -0.1) is 0 Å². The Kier molecular flexibility index (Phi) is 7.57. The van der Waals surface area contributed by atoms with Crippen LogP contribution in [0.4, 0.5) is 11.5 Å². The summed E-state index contributed by atoms with van der Waals surface area (Å²) in [5, 5.41) is 22.8. The van der Waals surface area contributed by atoms with Gasteiger partial charge in [0.15, 0.2) is 17.2 Å². The molecular formula is C26H29ClN6O3. The molecule has 1 aliphatic rings. The normalized spacial score (nSPS) is 15.9. The zero-order chi connectivity index (χ0) is 26.0. The predicted molar refractivity (Wildman–Crippen MR) is 139 cm³/mol. The Morgan fingerprint density at radius 2 is 1.97 bits per heavy atom. The molecule has 2 N–H and O–H groups in total. The van der Waals surface area contributed by atoms with Crippen LogP contribution in [-0.2, 0) is 4.74 Å². The van der Waals surface area contributed by atoms with Crippen LogP contribution in [0.5, 0.6) is 0 Å². The maximum atomic E-state index is 11.7. The highest BCUT2D eigenvalue weighted by Gasteiger charge is 2.27. The van der Waals surface area contributed by atoms with E-state index in [0.29, 0.717) is 34.2 Å². The second-order valence-corrected chi connectivity index (χ2v) is 9.58. The lowest BCUT2D eigenvalue weighted by Gasteiger charge is -2.35. The first-order valence-electron chi connectivity index (χ1n) is 11.9. The van der Waals surface area contributed by atoms with E-state index in [1.165, 1.54) is 0 Å². The van der Waals surface area contributed by atoms with Gasteiger partial charge >= 0.3 is 5.97 Å². The molecule has 3 heterocycles. The van der Waals surface area contributed by atoms with E-state index >= 15 is 0 Å². The minimum atomic E-state index is -1.17. The molecule has 36 heavy (non-hydrogen) atoms. The number of carboxylic acid groups (broad SMARTS) is 1. The molecule has 3 aromatic rings. The largest absolute Gasteiger partial charge is 0.476 e. The van der Waals surface area contributed by atoms with Crippen LogP contribution in [0.2, 0.25) is 5.15 Å². The lowest BCUT2D eigenvalue weighted by atomic mass is 9.92. The number of hydrogen-bond acceptors (Lipinski definition) is 8. The van der Waals surface area contributed by atoms with Gasteiger partial charge in [0.1, 0.15) is 11.2 Å². The third-order valence-corrected chi connectivity index (χ3v) is 7.02. The van der Waals surface area contributed by atoms with Crippen molar-refractivity contribution in [1.29, 1.82) is 5.26 Å². The number of aromatic nitrogens is 3. The number of carboxylic acids is 1. The molecular weight excluding hydrogens is 480 g/mol. The van der Waals surface area contributed by atoms with Gasteiger partial charge in [-0.1, -0.05) is 17.7 Å². The Bertz CT molecular complexity index is 1330. The molecule has 0 spiro atoms. The van der Waals surface area contributed by atoms with E-state index < -0.39 is 5.97 Å². The molecule has 1 fully saturated rings. The zero-order valence-corrected chi connectivity index (χ0v) is 21.5. The second kappa shape index (κ2) is 10.6. The number of halogens is 1. The summed E-state index contributed by atoms with van der Waals surface area (Å²) < 4.78 is 5.51. The number of pyridine rings is 1. The number of aryl methyl sites for hydroxylation is 1. The third kappa shape index (κ3) is 5.20. The monoisotopic (exact) mass is 508 g/mol. The van der Waals surface area contributed by atoms with Crippen molar-refractivity contribution in [1.82, 2.24) is 15.0 Å². The first-order chi connectivity index (χ1) is 17.2. The summed E-state index contributed by atoms with van der Waals surface area (Å²) in [6, 6.07) is 8.95. The molecule has 0 radical (unpaired) electrons. The van der Waals surface area contributed by atoms with Crippen LogP contribution in [0.3, 0.4) is 0 Å². The van der Waals surface area contributed by atoms with Crippen LogP contribution < -0.4 is 10.2 Å². The van der Waals surface area contributed by atoms with Crippen molar-refractivity contribution in [3.8, 4) is 6.07 Å². The van der Waals surface area contributed by atoms with Crippen molar-refractivity contribution < 1.29 is 14.6 Å². The lowest BCUT2D eigenvalue weighted by Crippen LogP contribution is -2.38. The zero-order valence-electron chi connectivity index (χ0n) is 20.7. The van der Waals surface area contributed by atoms with E-state index in [4.69, 9.17) is 21.3 Å². The topological polar surface area (TPSA) is 124 Å². The number of piperidine rings is 1. The fourth-order valence-corrected chi connectivity index (χ4v) is 4.90. The van der Waals surface area contributed by atoms with Crippen molar-refractivity contribution in [2.75, 3.05) is 30.4 Å². The average molecular weight is 509 g/mol. The summed E-state index contributed by atoms with van der Waals surface area (Å²) in [5.74, 6) is -0.137. The number of carbonyl (C=O) groups is 1. The fraction of sp³-hybridized carbons (Fsp3) is 0.423. The standard InChI is InChI=1S/C26H29ClN6O3/c1-14-11-18(15(2)29-19-5-6-22(27)31-24(19)26(34)35)23-20(12-14)30-21(13-28)25(32-23)33-9-7-17(8-10-33)16(3)36-4/h5-6,11-12,15-17,29H,7-10H2,1-4H3,(H,34,35)/t15-,16-/m1/s1. The highest BCUT2D eigenvalue weighted by molar-refractivity contribution is 6.29. The molecule has 0 unspecified atom stereocenters. The molecule has 0 bridgehead atoms. The molecule has 2 atom stereocenters. The molecule has 188 valence electrons. The minimum absolute atomic E-state index is 0.106. The van der Waals surface area contributed by atoms with Crippen molar-refractivity contribution in [2.45, 2.75) is 45.8 Å². The number of nitrogens with zero attached hydrogens (tertiary/aromatic N) is 5. The van der Waals surface area contributed by atoms with Crippen molar-refractivity contribution >= 4 is 40.1 Å². The van der Waals surface area contributed by atoms with Gasteiger partial charge in [-0.2, -0.15) is 5.26 Å². The second-order valence-electron chi connectivity index (χ2n) is 9.20. The number of anilines is 2. The van der Waals surface area contributed by atoms with E-state index in [2.05, 4.69) is 33.2 Å². The molecule has 0 saturated carbocycles. The van der Waals surface area contributed by atoms with Crippen LogP contribution in [0.1, 0.15) is 60.0 Å². The number of hydrogen-bond donors (Lipinski definition) is 2. The first kappa shape index (κ1) is 25.6. The number of nitrogens with one attached hydrogen (secondary N) is 1. The van der Waals surface area contributed by atoms with Crippen molar-refractivity contribution in [3.05, 3.63) is 51.9 Å². The van der Waals surface area contributed by atoms with E-state index in [1.807, 2.05) is 26.0 Å². The quantitative estimate of drug-likeness (QED) is 0.425. The van der Waals surface area contributed by atoms with Gasteiger partial charge in [0.25, 0.3) is 0 Å². The molecule has 1 aromatic carbocycles. The number of ether oxygens (including phenoxy) is 1. The van der Waals surface area contributed by atoms with Gasteiger partial charge in [0, 0.05) is 25.8 Å². The van der Waals surface area contributed by atoms with E-state index in [1.54, 1.807) is 19.2 Å². The Hall–Kier alpha value is -3.48. The summed E-state index contributed by atoms with van der Waals surface area (Å²) in [5.41, 5.74) is 3.59. The van der Waals surface area contributed by atoms with Crippen LogP contribution in [0.15, 0.2) is 24.3 Å². The van der Waals surface area contributed by atoms with E-state index in [9.17, 15) is 15.2 Å². The Morgan fingerprint density at radius 1 is 1.25 bits per heavy atom. The number of rotatable bonds is 7. The number of nitriles is 1. The fourth-order valence-electron chi connectivity index (χ4n) is 4.75. The molecule has 1 saturated heterocycles.